The third-order valence-corrected chi connectivity index (χ3v) is 6.23. The molecule has 168 valence electrons. The van der Waals surface area contributed by atoms with E-state index in [-0.39, 0.29) is 11.9 Å². The van der Waals surface area contributed by atoms with Crippen molar-refractivity contribution in [3.63, 3.8) is 0 Å². The second-order valence-corrected chi connectivity index (χ2v) is 8.60. The Labute approximate surface area is 190 Å². The smallest absolute Gasteiger partial charge is 0.220 e. The van der Waals surface area contributed by atoms with Crippen LogP contribution in [0, 0.1) is 0 Å². The van der Waals surface area contributed by atoms with Crippen LogP contribution in [-0.4, -0.2) is 38.7 Å². The molecule has 1 aliphatic heterocycles. The van der Waals surface area contributed by atoms with Crippen LogP contribution in [-0.2, 0) is 37.1 Å². The van der Waals surface area contributed by atoms with Crippen LogP contribution >= 0.6 is 0 Å². The van der Waals surface area contributed by atoms with Crippen molar-refractivity contribution in [2.24, 2.45) is 0 Å². The van der Waals surface area contributed by atoms with Crippen LogP contribution in [0.1, 0.15) is 54.6 Å². The number of fused-ring (bicyclic) bond motifs is 1. The maximum Gasteiger partial charge on any atom is 0.220 e. The van der Waals surface area contributed by atoms with Gasteiger partial charge in [-0.3, -0.25) is 9.69 Å². The Bertz CT molecular complexity index is 1010. The van der Waals surface area contributed by atoms with Crippen LogP contribution in [0.15, 0.2) is 54.6 Å². The lowest BCUT2D eigenvalue weighted by Gasteiger charge is -2.20. The van der Waals surface area contributed by atoms with Crippen molar-refractivity contribution in [2.75, 3.05) is 13.1 Å². The average molecular weight is 432 g/mol. The number of hydrogen-bond acceptors (Lipinski definition) is 4. The monoisotopic (exact) mass is 431 g/mol. The first-order valence-corrected chi connectivity index (χ1v) is 11.7. The van der Waals surface area contributed by atoms with E-state index in [1.165, 1.54) is 16.7 Å². The molecule has 1 aromatic heterocycles. The van der Waals surface area contributed by atoms with Crippen LogP contribution < -0.4 is 5.32 Å². The lowest BCUT2D eigenvalue weighted by molar-refractivity contribution is -0.121. The minimum absolute atomic E-state index is 0.0458. The molecular weight excluding hydrogens is 398 g/mol. The van der Waals surface area contributed by atoms with Gasteiger partial charge in [0.15, 0.2) is 5.82 Å². The molecule has 0 saturated carbocycles. The SMILES string of the molecule is CCc1ccc(CN2CCc3nnc(C(C)NC(=O)CCc4ccccc4)n3CC2)cc1. The van der Waals surface area contributed by atoms with Gasteiger partial charge in [0.25, 0.3) is 0 Å². The van der Waals surface area contributed by atoms with Crippen molar-refractivity contribution in [1.29, 1.82) is 0 Å². The summed E-state index contributed by atoms with van der Waals surface area (Å²) in [4.78, 5) is 15.0. The van der Waals surface area contributed by atoms with Gasteiger partial charge >= 0.3 is 0 Å². The number of rotatable bonds is 8. The summed E-state index contributed by atoms with van der Waals surface area (Å²) in [5.41, 5.74) is 3.90. The average Bonchev–Trinajstić information content (AvgIpc) is 3.13. The molecule has 0 saturated heterocycles. The van der Waals surface area contributed by atoms with E-state index in [0.717, 1.165) is 57.1 Å². The number of hydrogen-bond donors (Lipinski definition) is 1. The molecule has 6 heteroatoms. The molecule has 0 aliphatic carbocycles. The molecule has 2 aromatic carbocycles. The standard InChI is InChI=1S/C26H33N5O/c1-3-21-9-11-23(12-10-21)19-30-16-15-24-28-29-26(31(24)18-17-30)20(2)27-25(32)14-13-22-7-5-4-6-8-22/h4-12,20H,3,13-19H2,1-2H3,(H,27,32). The maximum absolute atomic E-state index is 12.5. The molecule has 0 spiro atoms. The molecule has 1 aliphatic rings. The number of aryl methyl sites for hydroxylation is 2. The van der Waals surface area contributed by atoms with Gasteiger partial charge in [-0.05, 0) is 36.5 Å². The molecule has 0 fully saturated rings. The van der Waals surface area contributed by atoms with Gasteiger partial charge in [-0.2, -0.15) is 0 Å². The second-order valence-electron chi connectivity index (χ2n) is 8.60. The van der Waals surface area contributed by atoms with Gasteiger partial charge in [0.1, 0.15) is 5.82 Å². The summed E-state index contributed by atoms with van der Waals surface area (Å²) >= 11 is 0. The largest absolute Gasteiger partial charge is 0.346 e. The molecule has 0 bridgehead atoms. The number of nitrogens with one attached hydrogen (secondary N) is 1. The molecule has 1 N–H and O–H groups in total. The zero-order valence-corrected chi connectivity index (χ0v) is 19.1. The summed E-state index contributed by atoms with van der Waals surface area (Å²) in [5.74, 6) is 1.90. The quantitative estimate of drug-likeness (QED) is 0.591. The number of carbonyl (C=O) groups excluding carboxylic acids is 1. The second kappa shape index (κ2) is 10.6. The summed E-state index contributed by atoms with van der Waals surface area (Å²) in [6, 6.07) is 18.9. The molecule has 32 heavy (non-hydrogen) atoms. The fraction of sp³-hybridized carbons (Fsp3) is 0.423. The maximum atomic E-state index is 12.5. The van der Waals surface area contributed by atoms with Crippen molar-refractivity contribution in [3.8, 4) is 0 Å². The van der Waals surface area contributed by atoms with Crippen LogP contribution in [0.3, 0.4) is 0 Å². The first-order valence-electron chi connectivity index (χ1n) is 11.7. The summed E-state index contributed by atoms with van der Waals surface area (Å²) in [6.45, 7) is 7.88. The Morgan fingerprint density at radius 3 is 2.47 bits per heavy atom. The highest BCUT2D eigenvalue weighted by Gasteiger charge is 2.22. The van der Waals surface area contributed by atoms with Gasteiger partial charge in [0.2, 0.25) is 5.91 Å². The van der Waals surface area contributed by atoms with Crippen LogP contribution in [0.5, 0.6) is 0 Å². The minimum Gasteiger partial charge on any atom is -0.346 e. The van der Waals surface area contributed by atoms with E-state index in [1.807, 2.05) is 25.1 Å². The topological polar surface area (TPSA) is 63.1 Å². The Morgan fingerprint density at radius 2 is 1.72 bits per heavy atom. The zero-order chi connectivity index (χ0) is 22.3. The van der Waals surface area contributed by atoms with Gasteiger partial charge < -0.3 is 9.88 Å². The predicted molar refractivity (Wildman–Crippen MR) is 126 cm³/mol. The summed E-state index contributed by atoms with van der Waals surface area (Å²) < 4.78 is 2.20. The molecule has 1 unspecified atom stereocenters. The molecule has 6 nitrogen and oxygen atoms in total. The molecule has 3 aromatic rings. The Kier molecular flexibility index (Phi) is 7.32. The van der Waals surface area contributed by atoms with E-state index >= 15 is 0 Å². The summed E-state index contributed by atoms with van der Waals surface area (Å²) in [7, 11) is 0. The van der Waals surface area contributed by atoms with E-state index in [2.05, 4.69) is 68.3 Å². The highest BCUT2D eigenvalue weighted by molar-refractivity contribution is 5.76. The fourth-order valence-electron chi connectivity index (χ4n) is 4.29. The number of carbonyl (C=O) groups is 1. The zero-order valence-electron chi connectivity index (χ0n) is 19.1. The first kappa shape index (κ1) is 22.2. The number of aromatic nitrogens is 3. The van der Waals surface area contributed by atoms with Crippen molar-refractivity contribution in [1.82, 2.24) is 25.0 Å². The van der Waals surface area contributed by atoms with Crippen LogP contribution in [0.2, 0.25) is 0 Å². The van der Waals surface area contributed by atoms with Crippen molar-refractivity contribution < 1.29 is 4.79 Å². The van der Waals surface area contributed by atoms with E-state index in [4.69, 9.17) is 0 Å². The lowest BCUT2D eigenvalue weighted by atomic mass is 10.1. The Hall–Kier alpha value is -2.99. The van der Waals surface area contributed by atoms with Crippen LogP contribution in [0.25, 0.3) is 0 Å². The molecular formula is C26H33N5O. The van der Waals surface area contributed by atoms with Crippen molar-refractivity contribution >= 4 is 5.91 Å². The number of benzene rings is 2. The third kappa shape index (κ3) is 5.62. The number of amides is 1. The lowest BCUT2D eigenvalue weighted by Crippen LogP contribution is -2.30. The Balaban J connectivity index is 1.32. The van der Waals surface area contributed by atoms with Crippen molar-refractivity contribution in [3.05, 3.63) is 82.9 Å². The Morgan fingerprint density at radius 1 is 0.969 bits per heavy atom. The molecule has 2 heterocycles. The normalized spacial score (nSPS) is 15.1. The van der Waals surface area contributed by atoms with E-state index in [1.54, 1.807) is 0 Å². The molecule has 0 radical (unpaired) electrons. The molecule has 4 rings (SSSR count). The van der Waals surface area contributed by atoms with Gasteiger partial charge in [-0.25, -0.2) is 0 Å². The van der Waals surface area contributed by atoms with Crippen LogP contribution in [0.4, 0.5) is 0 Å². The summed E-state index contributed by atoms with van der Waals surface area (Å²) in [5, 5.41) is 12.0. The van der Waals surface area contributed by atoms with Gasteiger partial charge in [-0.15, -0.1) is 10.2 Å². The van der Waals surface area contributed by atoms with Gasteiger partial charge in [0, 0.05) is 39.0 Å². The van der Waals surface area contributed by atoms with Crippen molar-refractivity contribution in [2.45, 2.75) is 58.7 Å². The minimum atomic E-state index is -0.160. The summed E-state index contributed by atoms with van der Waals surface area (Å²) in [6.07, 6.45) is 3.15. The molecule has 1 amide bonds. The highest BCUT2D eigenvalue weighted by Crippen LogP contribution is 2.17. The van der Waals surface area contributed by atoms with E-state index < -0.39 is 0 Å². The van der Waals surface area contributed by atoms with Gasteiger partial charge in [0.05, 0.1) is 6.04 Å². The molecule has 1 atom stereocenters. The fourth-order valence-corrected chi connectivity index (χ4v) is 4.29. The predicted octanol–water partition coefficient (Wildman–Crippen LogP) is 3.71. The number of nitrogens with zero attached hydrogens (tertiary/aromatic N) is 4. The first-order chi connectivity index (χ1) is 15.6. The van der Waals surface area contributed by atoms with E-state index in [9.17, 15) is 4.79 Å². The van der Waals surface area contributed by atoms with E-state index in [0.29, 0.717) is 6.42 Å². The third-order valence-electron chi connectivity index (χ3n) is 6.23. The highest BCUT2D eigenvalue weighted by atomic mass is 16.1. The van der Waals surface area contributed by atoms with Gasteiger partial charge in [-0.1, -0.05) is 61.5 Å².